The Morgan fingerprint density at radius 1 is 1.17 bits per heavy atom. The second kappa shape index (κ2) is 8.28. The summed E-state index contributed by atoms with van der Waals surface area (Å²) in [5.74, 6) is -0.841. The number of aryl methyl sites for hydroxylation is 1. The number of carboxylic acid groups (broad SMARTS) is 1. The zero-order valence-electron chi connectivity index (χ0n) is 15.8. The highest BCUT2D eigenvalue weighted by molar-refractivity contribution is 6.31. The minimum atomic E-state index is -1.03. The molecular formula is C21H18ClN3O4. The van der Waals surface area contributed by atoms with Crippen LogP contribution < -0.4 is 10.9 Å². The average molecular weight is 412 g/mol. The van der Waals surface area contributed by atoms with Gasteiger partial charge in [0.1, 0.15) is 5.82 Å². The number of amides is 1. The van der Waals surface area contributed by atoms with E-state index in [0.29, 0.717) is 33.4 Å². The molecule has 0 aliphatic heterocycles. The molecule has 0 aliphatic rings. The van der Waals surface area contributed by atoms with Crippen molar-refractivity contribution < 1.29 is 14.7 Å². The quantitative estimate of drug-likeness (QED) is 0.668. The third kappa shape index (κ3) is 4.70. The van der Waals surface area contributed by atoms with Gasteiger partial charge in [0.15, 0.2) is 0 Å². The standard InChI is InChI=1S/C21H18ClN3O4/c1-12-23-19(17-7-6-16(22)9-18(17)24-13(2)26)10-20(27)25(12)11-14-4-3-5-15(8-14)21(28)29/h3-10H,11H2,1-2H3,(H,24,26)(H,28,29). The van der Waals surface area contributed by atoms with Gasteiger partial charge in [0.05, 0.1) is 23.5 Å². The average Bonchev–Trinajstić information content (AvgIpc) is 2.64. The molecule has 2 N–H and O–H groups in total. The van der Waals surface area contributed by atoms with Crippen molar-refractivity contribution in [2.45, 2.75) is 20.4 Å². The normalized spacial score (nSPS) is 10.6. The molecule has 8 heteroatoms. The molecule has 0 saturated carbocycles. The minimum Gasteiger partial charge on any atom is -0.478 e. The molecular weight excluding hydrogens is 394 g/mol. The molecule has 0 saturated heterocycles. The maximum absolute atomic E-state index is 12.8. The number of benzene rings is 2. The van der Waals surface area contributed by atoms with Gasteiger partial charge in [-0.1, -0.05) is 23.7 Å². The molecule has 1 amide bonds. The Labute approximate surface area is 171 Å². The molecule has 3 aromatic rings. The summed E-state index contributed by atoms with van der Waals surface area (Å²) in [7, 11) is 0. The fourth-order valence-electron chi connectivity index (χ4n) is 2.97. The van der Waals surface area contributed by atoms with Crippen LogP contribution >= 0.6 is 11.6 Å². The number of carbonyl (C=O) groups excluding carboxylic acids is 1. The van der Waals surface area contributed by atoms with Crippen molar-refractivity contribution in [3.05, 3.63) is 80.9 Å². The van der Waals surface area contributed by atoms with Crippen LogP contribution in [0.25, 0.3) is 11.3 Å². The molecule has 0 aliphatic carbocycles. The van der Waals surface area contributed by atoms with E-state index in [9.17, 15) is 14.4 Å². The van der Waals surface area contributed by atoms with Gasteiger partial charge in [-0.15, -0.1) is 0 Å². The number of aromatic carboxylic acids is 1. The van der Waals surface area contributed by atoms with Crippen molar-refractivity contribution in [1.29, 1.82) is 0 Å². The molecule has 0 spiro atoms. The summed E-state index contributed by atoms with van der Waals surface area (Å²) in [5.41, 5.74) is 1.97. The van der Waals surface area contributed by atoms with Crippen molar-refractivity contribution >= 4 is 29.2 Å². The monoisotopic (exact) mass is 411 g/mol. The second-order valence-corrected chi connectivity index (χ2v) is 6.93. The lowest BCUT2D eigenvalue weighted by Crippen LogP contribution is -2.24. The first kappa shape index (κ1) is 20.3. The number of anilines is 1. The number of rotatable bonds is 5. The fraction of sp³-hybridized carbons (Fsp3) is 0.143. The first-order valence-corrected chi connectivity index (χ1v) is 9.10. The van der Waals surface area contributed by atoms with Gasteiger partial charge in [-0.05, 0) is 42.8 Å². The lowest BCUT2D eigenvalue weighted by molar-refractivity contribution is -0.114. The number of carboxylic acids is 1. The molecule has 2 aromatic carbocycles. The van der Waals surface area contributed by atoms with Crippen molar-refractivity contribution in [2.24, 2.45) is 0 Å². The first-order chi connectivity index (χ1) is 13.7. The topological polar surface area (TPSA) is 101 Å². The van der Waals surface area contributed by atoms with Gasteiger partial charge >= 0.3 is 5.97 Å². The smallest absolute Gasteiger partial charge is 0.335 e. The highest BCUT2D eigenvalue weighted by atomic mass is 35.5. The number of hydrogen-bond donors (Lipinski definition) is 2. The third-order valence-corrected chi connectivity index (χ3v) is 4.52. The number of hydrogen-bond acceptors (Lipinski definition) is 4. The Kier molecular flexibility index (Phi) is 5.79. The third-order valence-electron chi connectivity index (χ3n) is 4.28. The zero-order valence-corrected chi connectivity index (χ0v) is 16.5. The summed E-state index contributed by atoms with van der Waals surface area (Å²) in [4.78, 5) is 39.9. The van der Waals surface area contributed by atoms with Crippen LogP contribution in [-0.2, 0) is 11.3 Å². The van der Waals surface area contributed by atoms with E-state index in [0.717, 1.165) is 0 Å². The van der Waals surface area contributed by atoms with Gasteiger partial charge < -0.3 is 10.4 Å². The predicted octanol–water partition coefficient (Wildman–Crippen LogP) is 3.58. The zero-order chi connectivity index (χ0) is 21.1. The predicted molar refractivity (Wildman–Crippen MR) is 110 cm³/mol. The van der Waals surface area contributed by atoms with E-state index in [4.69, 9.17) is 16.7 Å². The molecule has 1 aromatic heterocycles. The van der Waals surface area contributed by atoms with Gasteiger partial charge in [-0.3, -0.25) is 14.2 Å². The number of aromatic nitrogens is 2. The molecule has 0 radical (unpaired) electrons. The SMILES string of the molecule is CC(=O)Nc1cc(Cl)ccc1-c1cc(=O)n(Cc2cccc(C(=O)O)c2)c(C)n1. The van der Waals surface area contributed by atoms with Crippen LogP contribution in [0.3, 0.4) is 0 Å². The van der Waals surface area contributed by atoms with Gasteiger partial charge in [0.25, 0.3) is 5.56 Å². The Morgan fingerprint density at radius 3 is 2.59 bits per heavy atom. The molecule has 3 rings (SSSR count). The number of carbonyl (C=O) groups is 2. The Hall–Kier alpha value is -3.45. The molecule has 0 atom stereocenters. The summed E-state index contributed by atoms with van der Waals surface area (Å²) in [5, 5.41) is 12.3. The summed E-state index contributed by atoms with van der Waals surface area (Å²) < 4.78 is 1.46. The summed E-state index contributed by atoms with van der Waals surface area (Å²) in [6.45, 7) is 3.27. The van der Waals surface area contributed by atoms with Crippen molar-refractivity contribution in [3.63, 3.8) is 0 Å². The van der Waals surface area contributed by atoms with E-state index in [1.54, 1.807) is 37.3 Å². The highest BCUT2D eigenvalue weighted by Crippen LogP contribution is 2.29. The fourth-order valence-corrected chi connectivity index (χ4v) is 3.14. The van der Waals surface area contributed by atoms with E-state index < -0.39 is 5.97 Å². The van der Waals surface area contributed by atoms with Crippen LogP contribution in [0.1, 0.15) is 28.7 Å². The second-order valence-electron chi connectivity index (χ2n) is 6.49. The maximum Gasteiger partial charge on any atom is 0.335 e. The van der Waals surface area contributed by atoms with Crippen LogP contribution in [0.15, 0.2) is 53.3 Å². The van der Waals surface area contributed by atoms with Crippen LogP contribution in [0.2, 0.25) is 5.02 Å². The molecule has 148 valence electrons. The van der Waals surface area contributed by atoms with Crippen molar-refractivity contribution in [2.75, 3.05) is 5.32 Å². The van der Waals surface area contributed by atoms with Gasteiger partial charge in [0, 0.05) is 23.6 Å². The molecule has 29 heavy (non-hydrogen) atoms. The number of nitrogens with one attached hydrogen (secondary N) is 1. The Balaban J connectivity index is 2.01. The summed E-state index contributed by atoms with van der Waals surface area (Å²) in [6, 6.07) is 12.7. The maximum atomic E-state index is 12.8. The van der Waals surface area contributed by atoms with E-state index in [2.05, 4.69) is 10.3 Å². The summed E-state index contributed by atoms with van der Waals surface area (Å²) in [6.07, 6.45) is 0. The van der Waals surface area contributed by atoms with Crippen molar-refractivity contribution in [3.8, 4) is 11.3 Å². The largest absolute Gasteiger partial charge is 0.478 e. The molecule has 0 unspecified atom stereocenters. The van der Waals surface area contributed by atoms with Crippen LogP contribution in [0.5, 0.6) is 0 Å². The molecule has 1 heterocycles. The van der Waals surface area contributed by atoms with Gasteiger partial charge in [-0.25, -0.2) is 9.78 Å². The van der Waals surface area contributed by atoms with Crippen LogP contribution in [-0.4, -0.2) is 26.5 Å². The summed E-state index contributed by atoms with van der Waals surface area (Å²) >= 11 is 6.02. The molecule has 7 nitrogen and oxygen atoms in total. The lowest BCUT2D eigenvalue weighted by Gasteiger charge is -2.14. The van der Waals surface area contributed by atoms with Gasteiger partial charge in [-0.2, -0.15) is 0 Å². The Bertz CT molecular complexity index is 1170. The van der Waals surface area contributed by atoms with E-state index >= 15 is 0 Å². The molecule has 0 fully saturated rings. The Morgan fingerprint density at radius 2 is 1.93 bits per heavy atom. The van der Waals surface area contributed by atoms with Crippen molar-refractivity contribution in [1.82, 2.24) is 9.55 Å². The minimum absolute atomic E-state index is 0.152. The number of halogens is 1. The van der Waals surface area contributed by atoms with E-state index in [1.807, 2.05) is 0 Å². The van der Waals surface area contributed by atoms with Crippen LogP contribution in [0.4, 0.5) is 5.69 Å². The van der Waals surface area contributed by atoms with E-state index in [-0.39, 0.29) is 23.6 Å². The van der Waals surface area contributed by atoms with Gasteiger partial charge in [0.2, 0.25) is 5.91 Å². The van der Waals surface area contributed by atoms with E-state index in [1.165, 1.54) is 29.7 Å². The highest BCUT2D eigenvalue weighted by Gasteiger charge is 2.13. The lowest BCUT2D eigenvalue weighted by atomic mass is 10.1. The van der Waals surface area contributed by atoms with Crippen LogP contribution in [0, 0.1) is 6.92 Å². The first-order valence-electron chi connectivity index (χ1n) is 8.73. The number of nitrogens with zero attached hydrogens (tertiary/aromatic N) is 2. The molecule has 0 bridgehead atoms.